The fourth-order valence-electron chi connectivity index (χ4n) is 7.01. The zero-order valence-corrected chi connectivity index (χ0v) is 20.5. The Morgan fingerprint density at radius 2 is 1.71 bits per heavy atom. The summed E-state index contributed by atoms with van der Waals surface area (Å²) in [5.74, 6) is 3.62. The van der Waals surface area contributed by atoms with Crippen LogP contribution in [0.25, 0.3) is 10.8 Å². The van der Waals surface area contributed by atoms with Crippen LogP contribution in [0.4, 0.5) is 0 Å². The van der Waals surface area contributed by atoms with Gasteiger partial charge in [-0.15, -0.1) is 10.2 Å². The fourth-order valence-corrected chi connectivity index (χ4v) is 7.74. The number of rotatable bonds is 6. The van der Waals surface area contributed by atoms with Gasteiger partial charge in [-0.05, 0) is 62.3 Å². The van der Waals surface area contributed by atoms with E-state index in [9.17, 15) is 9.59 Å². The highest BCUT2D eigenvalue weighted by molar-refractivity contribution is 7.99. The molecule has 4 aliphatic rings. The Morgan fingerprint density at radius 3 is 2.38 bits per heavy atom. The largest absolute Gasteiger partial charge is 0.350 e. The van der Waals surface area contributed by atoms with Crippen molar-refractivity contribution in [2.45, 2.75) is 55.6 Å². The lowest BCUT2D eigenvalue weighted by Gasteiger charge is -2.56. The van der Waals surface area contributed by atoms with Crippen LogP contribution in [0.2, 0.25) is 0 Å². The predicted molar refractivity (Wildman–Crippen MR) is 131 cm³/mol. The van der Waals surface area contributed by atoms with E-state index in [1.54, 1.807) is 7.05 Å². The maximum absolute atomic E-state index is 12.9. The molecule has 0 atom stereocenters. The van der Waals surface area contributed by atoms with Crippen molar-refractivity contribution < 1.29 is 4.79 Å². The molecule has 2 heterocycles. The normalized spacial score (nSPS) is 27.4. The number of thioether (sulfide) groups is 1. The lowest BCUT2D eigenvalue weighted by atomic mass is 9.53. The average molecular weight is 479 g/mol. The number of carbonyl (C=O) groups is 1. The molecule has 8 nitrogen and oxygen atoms in total. The minimum atomic E-state index is -0.112. The Hall–Kier alpha value is -2.68. The van der Waals surface area contributed by atoms with Gasteiger partial charge < -0.3 is 9.88 Å². The summed E-state index contributed by atoms with van der Waals surface area (Å²) in [5.41, 5.74) is 0.704. The van der Waals surface area contributed by atoms with Crippen molar-refractivity contribution in [3.63, 3.8) is 0 Å². The molecule has 0 radical (unpaired) electrons. The SMILES string of the molecule is Cn1c(Cc2nn(C)c(=O)c3ccccc23)nnc1SCC(=O)NC12CC3CC(CC(C3)C1)C2. The topological polar surface area (TPSA) is 94.7 Å². The molecule has 1 amide bonds. The molecule has 0 spiro atoms. The molecule has 7 rings (SSSR count). The van der Waals surface area contributed by atoms with E-state index in [2.05, 4.69) is 20.6 Å². The quantitative estimate of drug-likeness (QED) is 0.548. The zero-order valence-electron chi connectivity index (χ0n) is 19.7. The second-order valence-corrected chi connectivity index (χ2v) is 11.5. The molecule has 4 bridgehead atoms. The van der Waals surface area contributed by atoms with Crippen LogP contribution in [-0.4, -0.2) is 41.7 Å². The van der Waals surface area contributed by atoms with Gasteiger partial charge in [-0.1, -0.05) is 30.0 Å². The Bertz CT molecular complexity index is 1290. The second kappa shape index (κ2) is 8.22. The van der Waals surface area contributed by atoms with Crippen molar-refractivity contribution in [2.24, 2.45) is 31.8 Å². The predicted octanol–water partition coefficient (Wildman–Crippen LogP) is 2.83. The molecule has 3 aromatic rings. The monoisotopic (exact) mass is 478 g/mol. The van der Waals surface area contributed by atoms with E-state index in [-0.39, 0.29) is 17.0 Å². The van der Waals surface area contributed by atoms with Gasteiger partial charge in [0.2, 0.25) is 5.91 Å². The maximum atomic E-state index is 12.9. The van der Waals surface area contributed by atoms with E-state index in [1.165, 1.54) is 35.7 Å². The van der Waals surface area contributed by atoms with Crippen molar-refractivity contribution >= 4 is 28.4 Å². The van der Waals surface area contributed by atoms with Crippen LogP contribution in [-0.2, 0) is 25.3 Å². The van der Waals surface area contributed by atoms with E-state index >= 15 is 0 Å². The van der Waals surface area contributed by atoms with Crippen LogP contribution < -0.4 is 10.9 Å². The van der Waals surface area contributed by atoms with E-state index < -0.39 is 0 Å². The minimum absolute atomic E-state index is 0.0351. The van der Waals surface area contributed by atoms with Gasteiger partial charge >= 0.3 is 0 Å². The third-order valence-electron chi connectivity index (χ3n) is 8.06. The Labute approximate surface area is 202 Å². The number of benzene rings is 1. The summed E-state index contributed by atoms with van der Waals surface area (Å²) in [7, 11) is 3.58. The number of amides is 1. The smallest absolute Gasteiger partial charge is 0.274 e. The Balaban J connectivity index is 1.14. The minimum Gasteiger partial charge on any atom is -0.350 e. The van der Waals surface area contributed by atoms with Crippen LogP contribution in [0, 0.1) is 17.8 Å². The second-order valence-electron chi connectivity index (χ2n) is 10.6. The third-order valence-corrected chi connectivity index (χ3v) is 9.08. The number of aryl methyl sites for hydroxylation is 1. The molecule has 4 aliphatic carbocycles. The maximum Gasteiger partial charge on any atom is 0.274 e. The summed E-state index contributed by atoms with van der Waals surface area (Å²) < 4.78 is 3.29. The number of hydrogen-bond donors (Lipinski definition) is 1. The van der Waals surface area contributed by atoms with Gasteiger partial charge in [0.15, 0.2) is 5.16 Å². The van der Waals surface area contributed by atoms with Gasteiger partial charge in [-0.25, -0.2) is 4.68 Å². The molecule has 0 aliphatic heterocycles. The summed E-state index contributed by atoms with van der Waals surface area (Å²) in [4.78, 5) is 25.3. The first-order valence-corrected chi connectivity index (χ1v) is 13.1. The first-order valence-electron chi connectivity index (χ1n) is 12.2. The van der Waals surface area contributed by atoms with E-state index in [1.807, 2.05) is 35.9 Å². The average Bonchev–Trinajstić information content (AvgIpc) is 3.14. The fraction of sp³-hybridized carbons (Fsp3) is 0.560. The lowest BCUT2D eigenvalue weighted by Crippen LogP contribution is -2.60. The van der Waals surface area contributed by atoms with Crippen LogP contribution in [0.15, 0.2) is 34.2 Å². The number of hydrogen-bond acceptors (Lipinski definition) is 6. The van der Waals surface area contributed by atoms with Gasteiger partial charge in [-0.2, -0.15) is 5.10 Å². The summed E-state index contributed by atoms with van der Waals surface area (Å²) in [6.07, 6.45) is 8.03. The van der Waals surface area contributed by atoms with Gasteiger partial charge in [0.1, 0.15) is 5.82 Å². The van der Waals surface area contributed by atoms with Crippen LogP contribution in [0.3, 0.4) is 0 Å². The molecule has 9 heteroatoms. The first kappa shape index (κ1) is 21.8. The van der Waals surface area contributed by atoms with Crippen LogP contribution in [0.5, 0.6) is 0 Å². The number of nitrogens with one attached hydrogen (secondary N) is 1. The number of carbonyl (C=O) groups excluding carboxylic acids is 1. The zero-order chi connectivity index (χ0) is 23.4. The molecule has 0 unspecified atom stereocenters. The summed E-state index contributed by atoms with van der Waals surface area (Å²) in [6, 6.07) is 7.51. The number of nitrogens with zero attached hydrogens (tertiary/aromatic N) is 5. The van der Waals surface area contributed by atoms with E-state index in [0.29, 0.717) is 22.7 Å². The molecular weight excluding hydrogens is 448 g/mol. The highest BCUT2D eigenvalue weighted by Gasteiger charge is 2.51. The van der Waals surface area contributed by atoms with Gasteiger partial charge in [0, 0.05) is 25.0 Å². The van der Waals surface area contributed by atoms with Crippen molar-refractivity contribution in [1.29, 1.82) is 0 Å². The summed E-state index contributed by atoms with van der Waals surface area (Å²) in [5, 5.41) is 18.8. The molecule has 2 aromatic heterocycles. The first-order chi connectivity index (χ1) is 16.4. The van der Waals surface area contributed by atoms with Gasteiger partial charge in [0.05, 0.1) is 23.3 Å². The Kier molecular flexibility index (Phi) is 5.28. The van der Waals surface area contributed by atoms with Crippen LogP contribution in [0.1, 0.15) is 50.0 Å². The van der Waals surface area contributed by atoms with Gasteiger partial charge in [0.25, 0.3) is 5.56 Å². The van der Waals surface area contributed by atoms with E-state index in [4.69, 9.17) is 0 Å². The van der Waals surface area contributed by atoms with Gasteiger partial charge in [-0.3, -0.25) is 9.59 Å². The molecule has 178 valence electrons. The van der Waals surface area contributed by atoms with E-state index in [0.717, 1.165) is 53.9 Å². The van der Waals surface area contributed by atoms with Crippen LogP contribution >= 0.6 is 11.8 Å². The molecular formula is C25H30N6O2S. The standard InChI is InChI=1S/C25H30N6O2S/c1-30-21(10-20-18-5-3-4-6-19(18)23(33)31(2)29-20)27-28-24(30)34-14-22(32)26-25-11-15-7-16(12-25)9-17(8-15)13-25/h3-6,15-17H,7-14H2,1-2H3,(H,26,32). The molecule has 1 N–H and O–H groups in total. The summed E-state index contributed by atoms with van der Waals surface area (Å²) in [6.45, 7) is 0. The van der Waals surface area contributed by atoms with Crippen molar-refractivity contribution in [3.8, 4) is 0 Å². The molecule has 34 heavy (non-hydrogen) atoms. The number of fused-ring (bicyclic) bond motifs is 1. The number of aromatic nitrogens is 5. The van der Waals surface area contributed by atoms with Crippen molar-refractivity contribution in [3.05, 3.63) is 46.1 Å². The molecule has 0 saturated heterocycles. The lowest BCUT2D eigenvalue weighted by molar-refractivity contribution is -0.124. The molecule has 1 aromatic carbocycles. The third kappa shape index (κ3) is 3.83. The van der Waals surface area contributed by atoms with Crippen molar-refractivity contribution in [2.75, 3.05) is 5.75 Å². The highest BCUT2D eigenvalue weighted by Crippen LogP contribution is 2.55. The molecule has 4 fully saturated rings. The highest BCUT2D eigenvalue weighted by atomic mass is 32.2. The van der Waals surface area contributed by atoms with Crippen molar-refractivity contribution in [1.82, 2.24) is 29.9 Å². The Morgan fingerprint density at radius 1 is 1.06 bits per heavy atom. The molecule has 4 saturated carbocycles. The summed E-state index contributed by atoms with van der Waals surface area (Å²) >= 11 is 1.43.